The molecule has 0 atom stereocenters. The average molecular weight is 369 g/mol. The van der Waals surface area contributed by atoms with Crippen molar-refractivity contribution in [3.63, 3.8) is 0 Å². The number of aromatic nitrogens is 4. The van der Waals surface area contributed by atoms with Gasteiger partial charge in [-0.2, -0.15) is 4.68 Å². The molecule has 0 aliphatic heterocycles. The van der Waals surface area contributed by atoms with Crippen molar-refractivity contribution in [2.45, 2.75) is 19.0 Å². The van der Waals surface area contributed by atoms with E-state index in [9.17, 15) is 4.79 Å². The molecule has 1 aromatic heterocycles. The number of hydrogen-bond acceptors (Lipinski definition) is 6. The zero-order valence-corrected chi connectivity index (χ0v) is 15.4. The highest BCUT2D eigenvalue weighted by molar-refractivity contribution is 7.99. The van der Waals surface area contributed by atoms with E-state index in [1.54, 1.807) is 4.68 Å². The number of ether oxygens (including phenoxy) is 1. The highest BCUT2D eigenvalue weighted by Crippen LogP contribution is 2.21. The number of amides is 1. The number of aryl methyl sites for hydroxylation is 1. The van der Waals surface area contributed by atoms with E-state index < -0.39 is 0 Å². The maximum Gasteiger partial charge on any atom is 0.234 e. The molecule has 0 aliphatic rings. The van der Waals surface area contributed by atoms with Crippen LogP contribution in [0.25, 0.3) is 5.69 Å². The smallest absolute Gasteiger partial charge is 0.234 e. The Kier molecular flexibility index (Phi) is 5.85. The lowest BCUT2D eigenvalue weighted by atomic mass is 10.2. The Bertz CT molecular complexity index is 879. The molecule has 0 aliphatic carbocycles. The third-order valence-electron chi connectivity index (χ3n) is 3.58. The highest BCUT2D eigenvalue weighted by atomic mass is 32.2. The number of rotatable bonds is 7. The Balaban J connectivity index is 1.63. The number of nitrogens with one attached hydrogen (secondary N) is 1. The van der Waals surface area contributed by atoms with E-state index in [2.05, 4.69) is 20.8 Å². The van der Waals surface area contributed by atoms with Crippen molar-refractivity contribution in [3.05, 3.63) is 54.1 Å². The van der Waals surface area contributed by atoms with Crippen LogP contribution in [0, 0.1) is 6.92 Å². The SMILES string of the molecule is CCOc1ccc(-n2nnnc2SCC(=O)Nc2ccccc2C)cc1. The second-order valence-corrected chi connectivity index (χ2v) is 6.39. The molecule has 0 radical (unpaired) electrons. The number of para-hydroxylation sites is 1. The van der Waals surface area contributed by atoms with Gasteiger partial charge in [-0.25, -0.2) is 0 Å². The summed E-state index contributed by atoms with van der Waals surface area (Å²) in [7, 11) is 0. The van der Waals surface area contributed by atoms with Gasteiger partial charge in [0, 0.05) is 5.69 Å². The summed E-state index contributed by atoms with van der Waals surface area (Å²) in [4.78, 5) is 12.2. The molecule has 0 saturated heterocycles. The number of benzene rings is 2. The predicted octanol–water partition coefficient (Wildman–Crippen LogP) is 3.10. The molecular weight excluding hydrogens is 350 g/mol. The fourth-order valence-corrected chi connectivity index (χ4v) is 3.00. The first-order valence-corrected chi connectivity index (χ1v) is 9.16. The van der Waals surface area contributed by atoms with Gasteiger partial charge in [0.25, 0.3) is 0 Å². The summed E-state index contributed by atoms with van der Waals surface area (Å²) in [5.74, 6) is 0.896. The summed E-state index contributed by atoms with van der Waals surface area (Å²) in [6, 6.07) is 15.1. The maximum absolute atomic E-state index is 12.2. The van der Waals surface area contributed by atoms with Crippen LogP contribution in [0.15, 0.2) is 53.7 Å². The minimum Gasteiger partial charge on any atom is -0.494 e. The van der Waals surface area contributed by atoms with Crippen LogP contribution in [0.2, 0.25) is 0 Å². The van der Waals surface area contributed by atoms with Gasteiger partial charge >= 0.3 is 0 Å². The van der Waals surface area contributed by atoms with Crippen molar-refractivity contribution < 1.29 is 9.53 Å². The van der Waals surface area contributed by atoms with Gasteiger partial charge in [0.05, 0.1) is 18.0 Å². The molecule has 0 saturated carbocycles. The largest absolute Gasteiger partial charge is 0.494 e. The molecule has 2 aromatic carbocycles. The summed E-state index contributed by atoms with van der Waals surface area (Å²) in [5.41, 5.74) is 2.63. The second kappa shape index (κ2) is 8.48. The fourth-order valence-electron chi connectivity index (χ4n) is 2.31. The first-order chi connectivity index (χ1) is 12.7. The average Bonchev–Trinajstić information content (AvgIpc) is 3.11. The van der Waals surface area contributed by atoms with E-state index in [0.29, 0.717) is 11.8 Å². The van der Waals surface area contributed by atoms with E-state index in [1.165, 1.54) is 11.8 Å². The summed E-state index contributed by atoms with van der Waals surface area (Å²) in [6.07, 6.45) is 0. The fraction of sp³-hybridized carbons (Fsp3) is 0.222. The van der Waals surface area contributed by atoms with Crippen molar-refractivity contribution >= 4 is 23.4 Å². The lowest BCUT2D eigenvalue weighted by Crippen LogP contribution is -2.15. The number of thioether (sulfide) groups is 1. The third-order valence-corrected chi connectivity index (χ3v) is 4.50. The molecule has 0 fully saturated rings. The molecule has 7 nitrogen and oxygen atoms in total. The molecule has 1 heterocycles. The first-order valence-electron chi connectivity index (χ1n) is 8.17. The van der Waals surface area contributed by atoms with Crippen LogP contribution in [0.4, 0.5) is 5.69 Å². The summed E-state index contributed by atoms with van der Waals surface area (Å²) < 4.78 is 7.03. The van der Waals surface area contributed by atoms with Crippen LogP contribution in [-0.4, -0.2) is 38.5 Å². The maximum atomic E-state index is 12.2. The van der Waals surface area contributed by atoms with Crippen molar-refractivity contribution in [1.29, 1.82) is 0 Å². The predicted molar refractivity (Wildman–Crippen MR) is 101 cm³/mol. The van der Waals surface area contributed by atoms with Gasteiger partial charge in [-0.3, -0.25) is 4.79 Å². The quantitative estimate of drug-likeness (QED) is 0.645. The molecule has 3 aromatic rings. The molecule has 8 heteroatoms. The zero-order valence-electron chi connectivity index (χ0n) is 14.5. The van der Waals surface area contributed by atoms with Gasteiger partial charge in [-0.15, -0.1) is 5.10 Å². The molecule has 0 spiro atoms. The van der Waals surface area contributed by atoms with E-state index in [0.717, 1.165) is 22.7 Å². The van der Waals surface area contributed by atoms with Crippen molar-refractivity contribution in [2.24, 2.45) is 0 Å². The topological polar surface area (TPSA) is 81.9 Å². The Morgan fingerprint density at radius 2 is 1.96 bits per heavy atom. The van der Waals surface area contributed by atoms with Gasteiger partial charge in [-0.05, 0) is 60.2 Å². The molecule has 1 amide bonds. The van der Waals surface area contributed by atoms with E-state index >= 15 is 0 Å². The lowest BCUT2D eigenvalue weighted by Gasteiger charge is -2.08. The highest BCUT2D eigenvalue weighted by Gasteiger charge is 2.12. The van der Waals surface area contributed by atoms with Crippen molar-refractivity contribution in [2.75, 3.05) is 17.7 Å². The van der Waals surface area contributed by atoms with Gasteiger partial charge in [0.2, 0.25) is 11.1 Å². The molecule has 0 unspecified atom stereocenters. The molecular formula is C18H19N5O2S. The van der Waals surface area contributed by atoms with Crippen LogP contribution >= 0.6 is 11.8 Å². The molecule has 3 rings (SSSR count). The normalized spacial score (nSPS) is 10.5. The van der Waals surface area contributed by atoms with Crippen LogP contribution in [0.1, 0.15) is 12.5 Å². The van der Waals surface area contributed by atoms with Gasteiger partial charge in [0.1, 0.15) is 5.75 Å². The van der Waals surface area contributed by atoms with E-state index in [4.69, 9.17) is 4.74 Å². The van der Waals surface area contributed by atoms with Gasteiger partial charge in [0.15, 0.2) is 0 Å². The van der Waals surface area contributed by atoms with Crippen LogP contribution < -0.4 is 10.1 Å². The number of hydrogen-bond donors (Lipinski definition) is 1. The van der Waals surface area contributed by atoms with Crippen LogP contribution in [0.3, 0.4) is 0 Å². The molecule has 134 valence electrons. The minimum atomic E-state index is -0.106. The standard InChI is InChI=1S/C18H19N5O2S/c1-3-25-15-10-8-14(9-11-15)23-18(20-21-22-23)26-12-17(24)19-16-7-5-4-6-13(16)2/h4-11H,3,12H2,1-2H3,(H,19,24). The van der Waals surface area contributed by atoms with Crippen LogP contribution in [0.5, 0.6) is 5.75 Å². The Hall–Kier alpha value is -2.87. The molecule has 26 heavy (non-hydrogen) atoms. The Morgan fingerprint density at radius 3 is 2.69 bits per heavy atom. The summed E-state index contributed by atoms with van der Waals surface area (Å²) >= 11 is 1.28. The van der Waals surface area contributed by atoms with Crippen LogP contribution in [-0.2, 0) is 4.79 Å². The summed E-state index contributed by atoms with van der Waals surface area (Å²) in [6.45, 7) is 4.50. The molecule has 0 bridgehead atoms. The number of carbonyl (C=O) groups is 1. The van der Waals surface area contributed by atoms with E-state index in [-0.39, 0.29) is 11.7 Å². The van der Waals surface area contributed by atoms with Gasteiger partial charge in [-0.1, -0.05) is 30.0 Å². The number of anilines is 1. The van der Waals surface area contributed by atoms with Crippen molar-refractivity contribution in [1.82, 2.24) is 20.2 Å². The number of carbonyl (C=O) groups excluding carboxylic acids is 1. The Labute approximate surface area is 155 Å². The third kappa shape index (κ3) is 4.40. The monoisotopic (exact) mass is 369 g/mol. The second-order valence-electron chi connectivity index (χ2n) is 5.45. The zero-order chi connectivity index (χ0) is 18.4. The first kappa shape index (κ1) is 17.9. The van der Waals surface area contributed by atoms with Gasteiger partial charge < -0.3 is 10.1 Å². The summed E-state index contributed by atoms with van der Waals surface area (Å²) in [5, 5.41) is 15.2. The number of tetrazole rings is 1. The lowest BCUT2D eigenvalue weighted by molar-refractivity contribution is -0.113. The Morgan fingerprint density at radius 1 is 1.19 bits per heavy atom. The number of nitrogens with zero attached hydrogens (tertiary/aromatic N) is 4. The minimum absolute atomic E-state index is 0.106. The molecule has 1 N–H and O–H groups in total. The van der Waals surface area contributed by atoms with Crippen molar-refractivity contribution in [3.8, 4) is 11.4 Å². The van der Waals surface area contributed by atoms with E-state index in [1.807, 2.05) is 62.4 Å².